The van der Waals surface area contributed by atoms with Crippen molar-refractivity contribution in [1.82, 2.24) is 9.97 Å². The van der Waals surface area contributed by atoms with Crippen LogP contribution in [-0.2, 0) is 0 Å². The van der Waals surface area contributed by atoms with Crippen LogP contribution in [0.1, 0.15) is 0 Å². The van der Waals surface area contributed by atoms with Crippen LogP contribution in [-0.4, -0.2) is 30.2 Å². The van der Waals surface area contributed by atoms with Gasteiger partial charge in [-0.2, -0.15) is 4.98 Å². The number of aromatic nitrogens is 2. The van der Waals surface area contributed by atoms with Crippen LogP contribution in [0, 0.1) is 5.82 Å². The monoisotopic (exact) mass is 354 g/mol. The van der Waals surface area contributed by atoms with Crippen molar-refractivity contribution in [3.8, 4) is 11.5 Å². The molecule has 0 fully saturated rings. The maximum Gasteiger partial charge on any atom is 0.224 e. The lowest BCUT2D eigenvalue weighted by molar-refractivity contribution is 0.331. The number of anilines is 3. The highest BCUT2D eigenvalue weighted by Gasteiger charge is 2.01. The molecular formula is C19H19FN4O2. The number of methoxy groups -OCH3 is 1. The van der Waals surface area contributed by atoms with Gasteiger partial charge in [-0.1, -0.05) is 6.07 Å². The number of rotatable bonds is 8. The topological polar surface area (TPSA) is 68.3 Å². The van der Waals surface area contributed by atoms with Gasteiger partial charge in [0.25, 0.3) is 0 Å². The molecule has 0 saturated heterocycles. The van der Waals surface area contributed by atoms with E-state index in [2.05, 4.69) is 20.6 Å². The van der Waals surface area contributed by atoms with Crippen molar-refractivity contribution in [2.24, 2.45) is 0 Å². The SMILES string of the molecule is COc1ccc(OCCNc2nccc(Nc3cccc(F)c3)n2)cc1. The van der Waals surface area contributed by atoms with E-state index >= 15 is 0 Å². The molecule has 7 heteroatoms. The van der Waals surface area contributed by atoms with Crippen molar-refractivity contribution in [2.75, 3.05) is 30.9 Å². The first-order chi connectivity index (χ1) is 12.7. The second kappa shape index (κ2) is 8.66. The van der Waals surface area contributed by atoms with Crippen molar-refractivity contribution in [1.29, 1.82) is 0 Å². The highest BCUT2D eigenvalue weighted by molar-refractivity contribution is 5.56. The predicted octanol–water partition coefficient (Wildman–Crippen LogP) is 3.86. The van der Waals surface area contributed by atoms with Crippen molar-refractivity contribution in [2.45, 2.75) is 0 Å². The van der Waals surface area contributed by atoms with Gasteiger partial charge in [0, 0.05) is 11.9 Å². The standard InChI is InChI=1S/C19H19FN4O2/c1-25-16-5-7-17(8-6-16)26-12-11-22-19-21-10-9-18(24-19)23-15-4-2-3-14(20)13-15/h2-10,13H,11-12H2,1H3,(H2,21,22,23,24). The summed E-state index contributed by atoms with van der Waals surface area (Å²) in [6.45, 7) is 0.993. The fraction of sp³-hybridized carbons (Fsp3) is 0.158. The first kappa shape index (κ1) is 17.5. The van der Waals surface area contributed by atoms with Gasteiger partial charge in [-0.3, -0.25) is 0 Å². The molecule has 1 aromatic heterocycles. The Morgan fingerprint density at radius 1 is 1.04 bits per heavy atom. The van der Waals surface area contributed by atoms with Gasteiger partial charge < -0.3 is 20.1 Å². The van der Waals surface area contributed by atoms with Gasteiger partial charge in [-0.05, 0) is 48.5 Å². The Kier molecular flexibility index (Phi) is 5.82. The summed E-state index contributed by atoms with van der Waals surface area (Å²) in [5.74, 6) is 2.27. The molecule has 2 aromatic carbocycles. The molecule has 0 radical (unpaired) electrons. The molecule has 6 nitrogen and oxygen atoms in total. The first-order valence-electron chi connectivity index (χ1n) is 8.09. The van der Waals surface area contributed by atoms with Crippen molar-refractivity contribution >= 4 is 17.5 Å². The van der Waals surface area contributed by atoms with Crippen LogP contribution in [0.4, 0.5) is 21.8 Å². The third kappa shape index (κ3) is 5.07. The number of nitrogens with one attached hydrogen (secondary N) is 2. The molecule has 2 N–H and O–H groups in total. The van der Waals surface area contributed by atoms with E-state index in [0.29, 0.717) is 30.6 Å². The fourth-order valence-corrected chi connectivity index (χ4v) is 2.23. The Labute approximate surface area is 151 Å². The number of hydrogen-bond acceptors (Lipinski definition) is 6. The Morgan fingerprint density at radius 3 is 2.62 bits per heavy atom. The van der Waals surface area contributed by atoms with Gasteiger partial charge in [0.15, 0.2) is 0 Å². The highest BCUT2D eigenvalue weighted by Crippen LogP contribution is 2.17. The van der Waals surface area contributed by atoms with Gasteiger partial charge in [0.05, 0.1) is 13.7 Å². The summed E-state index contributed by atoms with van der Waals surface area (Å²) in [5, 5.41) is 6.13. The Balaban J connectivity index is 1.49. The summed E-state index contributed by atoms with van der Waals surface area (Å²) in [4.78, 5) is 8.49. The third-order valence-corrected chi connectivity index (χ3v) is 3.47. The summed E-state index contributed by atoms with van der Waals surface area (Å²) in [6.07, 6.45) is 1.63. The minimum atomic E-state index is -0.307. The second-order valence-corrected chi connectivity index (χ2v) is 5.35. The Hall–Kier alpha value is -3.35. The average Bonchev–Trinajstić information content (AvgIpc) is 2.66. The third-order valence-electron chi connectivity index (χ3n) is 3.47. The van der Waals surface area contributed by atoms with Crippen LogP contribution in [0.15, 0.2) is 60.8 Å². The molecule has 134 valence electrons. The van der Waals surface area contributed by atoms with Crippen LogP contribution in [0.2, 0.25) is 0 Å². The van der Waals surface area contributed by atoms with E-state index in [0.717, 1.165) is 11.5 Å². The average molecular weight is 354 g/mol. The summed E-state index contributed by atoms with van der Waals surface area (Å²) in [6, 6.07) is 15.3. The zero-order chi connectivity index (χ0) is 18.2. The predicted molar refractivity (Wildman–Crippen MR) is 98.7 cm³/mol. The minimum Gasteiger partial charge on any atom is -0.497 e. The summed E-state index contributed by atoms with van der Waals surface area (Å²) >= 11 is 0. The van der Waals surface area contributed by atoms with Crippen molar-refractivity contribution < 1.29 is 13.9 Å². The van der Waals surface area contributed by atoms with E-state index in [9.17, 15) is 4.39 Å². The van der Waals surface area contributed by atoms with E-state index in [4.69, 9.17) is 9.47 Å². The van der Waals surface area contributed by atoms with E-state index in [-0.39, 0.29) is 5.82 Å². The second-order valence-electron chi connectivity index (χ2n) is 5.35. The molecule has 0 bridgehead atoms. The lowest BCUT2D eigenvalue weighted by Crippen LogP contribution is -2.13. The smallest absolute Gasteiger partial charge is 0.224 e. The number of benzene rings is 2. The van der Waals surface area contributed by atoms with Gasteiger partial charge in [0.1, 0.15) is 29.7 Å². The molecular weight excluding hydrogens is 335 g/mol. The molecule has 0 aliphatic heterocycles. The zero-order valence-corrected chi connectivity index (χ0v) is 14.3. The molecule has 0 saturated carbocycles. The molecule has 0 atom stereocenters. The molecule has 3 rings (SSSR count). The van der Waals surface area contributed by atoms with E-state index in [1.54, 1.807) is 31.5 Å². The molecule has 1 heterocycles. The largest absolute Gasteiger partial charge is 0.497 e. The maximum absolute atomic E-state index is 13.2. The number of hydrogen-bond donors (Lipinski definition) is 2. The fourth-order valence-electron chi connectivity index (χ4n) is 2.23. The Bertz CT molecular complexity index is 843. The lowest BCUT2D eigenvalue weighted by atomic mass is 10.3. The molecule has 0 aliphatic rings. The van der Waals surface area contributed by atoms with Gasteiger partial charge in [-0.25, -0.2) is 9.37 Å². The summed E-state index contributed by atoms with van der Waals surface area (Å²) in [7, 11) is 1.62. The van der Waals surface area contributed by atoms with Crippen LogP contribution in [0.3, 0.4) is 0 Å². The van der Waals surface area contributed by atoms with Gasteiger partial charge >= 0.3 is 0 Å². The van der Waals surface area contributed by atoms with Gasteiger partial charge in [-0.15, -0.1) is 0 Å². The lowest BCUT2D eigenvalue weighted by Gasteiger charge is -2.10. The molecule has 0 unspecified atom stereocenters. The Morgan fingerprint density at radius 2 is 1.85 bits per heavy atom. The van der Waals surface area contributed by atoms with Crippen LogP contribution >= 0.6 is 0 Å². The normalized spacial score (nSPS) is 10.2. The van der Waals surface area contributed by atoms with Crippen molar-refractivity contribution in [3.05, 3.63) is 66.6 Å². The van der Waals surface area contributed by atoms with E-state index in [1.165, 1.54) is 12.1 Å². The summed E-state index contributed by atoms with van der Waals surface area (Å²) < 4.78 is 24.0. The van der Waals surface area contributed by atoms with Crippen LogP contribution in [0.25, 0.3) is 0 Å². The number of nitrogens with zero attached hydrogens (tertiary/aromatic N) is 2. The molecule has 3 aromatic rings. The maximum atomic E-state index is 13.2. The van der Waals surface area contributed by atoms with Crippen LogP contribution < -0.4 is 20.1 Å². The number of halogens is 1. The quantitative estimate of drug-likeness (QED) is 0.599. The van der Waals surface area contributed by atoms with Gasteiger partial charge in [0.2, 0.25) is 5.95 Å². The highest BCUT2D eigenvalue weighted by atomic mass is 19.1. The first-order valence-corrected chi connectivity index (χ1v) is 8.09. The molecule has 0 amide bonds. The minimum absolute atomic E-state index is 0.307. The number of ether oxygens (including phenoxy) is 2. The van der Waals surface area contributed by atoms with Crippen LogP contribution in [0.5, 0.6) is 11.5 Å². The summed E-state index contributed by atoms with van der Waals surface area (Å²) in [5.41, 5.74) is 0.623. The molecule has 0 aliphatic carbocycles. The molecule has 0 spiro atoms. The van der Waals surface area contributed by atoms with Crippen molar-refractivity contribution in [3.63, 3.8) is 0 Å². The van der Waals surface area contributed by atoms with E-state index in [1.807, 2.05) is 24.3 Å². The zero-order valence-electron chi connectivity index (χ0n) is 14.3. The molecule has 26 heavy (non-hydrogen) atoms. The van der Waals surface area contributed by atoms with E-state index < -0.39 is 0 Å².